The van der Waals surface area contributed by atoms with Gasteiger partial charge < -0.3 is 10.1 Å². The molecular weight excluding hydrogens is 283 g/mol. The summed E-state index contributed by atoms with van der Waals surface area (Å²) in [4.78, 5) is 0. The highest BCUT2D eigenvalue weighted by molar-refractivity contribution is 6.35. The molecule has 0 aromatic heterocycles. The van der Waals surface area contributed by atoms with Crippen LogP contribution >= 0.6 is 23.2 Å². The van der Waals surface area contributed by atoms with Crippen LogP contribution in [0.5, 0.6) is 5.75 Å². The maximum atomic E-state index is 8.98. The average molecular weight is 301 g/mol. The summed E-state index contributed by atoms with van der Waals surface area (Å²) in [5.41, 5.74) is 0.861. The molecule has 5 heteroatoms. The molecule has 1 rings (SSSR count). The van der Waals surface area contributed by atoms with Gasteiger partial charge in [-0.1, -0.05) is 44.0 Å². The Labute approximate surface area is 124 Å². The van der Waals surface area contributed by atoms with Gasteiger partial charge >= 0.3 is 0 Å². The molecule has 0 fully saturated rings. The number of rotatable bonds is 6. The zero-order valence-corrected chi connectivity index (χ0v) is 12.8. The van der Waals surface area contributed by atoms with Crippen molar-refractivity contribution in [2.24, 2.45) is 0 Å². The summed E-state index contributed by atoms with van der Waals surface area (Å²) < 4.78 is 5.67. The molecule has 3 nitrogen and oxygen atoms in total. The molecule has 0 saturated carbocycles. The summed E-state index contributed by atoms with van der Waals surface area (Å²) >= 11 is 12.2. The Morgan fingerprint density at radius 2 is 2.05 bits per heavy atom. The number of nitriles is 1. The first-order valence-electron chi connectivity index (χ1n) is 6.25. The number of hydrogen-bond donors (Lipinski definition) is 1. The molecule has 0 aliphatic rings. The lowest BCUT2D eigenvalue weighted by Gasteiger charge is -2.17. The summed E-state index contributed by atoms with van der Waals surface area (Å²) in [6.45, 7) is 6.59. The Kier molecular flexibility index (Phi) is 6.44. The van der Waals surface area contributed by atoms with Crippen molar-refractivity contribution in [2.45, 2.75) is 45.9 Å². The Bertz CT molecular complexity index is 469. The number of ether oxygens (including phenoxy) is 1. The topological polar surface area (TPSA) is 45.0 Å². The molecule has 0 spiro atoms. The number of nitrogens with one attached hydrogen (secondary N) is 1. The van der Waals surface area contributed by atoms with Gasteiger partial charge in [0.05, 0.1) is 5.02 Å². The Morgan fingerprint density at radius 1 is 1.37 bits per heavy atom. The van der Waals surface area contributed by atoms with E-state index in [1.54, 1.807) is 6.07 Å². The zero-order chi connectivity index (χ0) is 14.4. The van der Waals surface area contributed by atoms with Gasteiger partial charge in [0.1, 0.15) is 11.8 Å². The molecule has 0 heterocycles. The standard InChI is InChI=1S/C14H18Cl2N2O/c1-4-12(7-17)19-14-10(8-18-9(2)3)5-11(15)6-13(14)16/h5-6,9,12,18H,4,8H2,1-3H3. The Balaban J connectivity index is 3.02. The van der Waals surface area contributed by atoms with E-state index in [1.807, 2.05) is 13.0 Å². The van der Waals surface area contributed by atoms with Gasteiger partial charge in [0.15, 0.2) is 6.10 Å². The number of benzene rings is 1. The molecule has 0 saturated heterocycles. The second-order valence-electron chi connectivity index (χ2n) is 4.56. The first kappa shape index (κ1) is 16.1. The lowest BCUT2D eigenvalue weighted by atomic mass is 10.1. The molecule has 1 aromatic carbocycles. The van der Waals surface area contributed by atoms with E-state index in [4.69, 9.17) is 33.2 Å². The molecule has 0 aliphatic carbocycles. The molecule has 1 unspecified atom stereocenters. The van der Waals surface area contributed by atoms with E-state index in [2.05, 4.69) is 25.2 Å². The number of hydrogen-bond acceptors (Lipinski definition) is 3. The highest BCUT2D eigenvalue weighted by atomic mass is 35.5. The fourth-order valence-corrected chi connectivity index (χ4v) is 2.11. The average Bonchev–Trinajstić information content (AvgIpc) is 2.35. The van der Waals surface area contributed by atoms with Crippen LogP contribution in [0.1, 0.15) is 32.8 Å². The lowest BCUT2D eigenvalue weighted by molar-refractivity contribution is 0.249. The van der Waals surface area contributed by atoms with Gasteiger partial charge in [-0.2, -0.15) is 5.26 Å². The third kappa shape index (κ3) is 4.91. The van der Waals surface area contributed by atoms with Crippen molar-refractivity contribution < 1.29 is 4.74 Å². The van der Waals surface area contributed by atoms with Crippen molar-refractivity contribution in [1.82, 2.24) is 5.32 Å². The summed E-state index contributed by atoms with van der Waals surface area (Å²) in [6, 6.07) is 5.87. The normalized spacial score (nSPS) is 12.3. The molecule has 0 amide bonds. The van der Waals surface area contributed by atoms with Gasteiger partial charge in [0.25, 0.3) is 0 Å². The van der Waals surface area contributed by atoms with Crippen LogP contribution in [0.3, 0.4) is 0 Å². The van der Waals surface area contributed by atoms with Crippen LogP contribution in [0.15, 0.2) is 12.1 Å². The van der Waals surface area contributed by atoms with Crippen LogP contribution in [0.2, 0.25) is 10.0 Å². The molecule has 0 aliphatic heterocycles. The summed E-state index contributed by atoms with van der Waals surface area (Å²) in [5, 5.41) is 13.3. The van der Waals surface area contributed by atoms with E-state index in [0.717, 1.165) is 5.56 Å². The third-order valence-corrected chi connectivity index (χ3v) is 3.06. The molecule has 0 bridgehead atoms. The minimum Gasteiger partial charge on any atom is -0.474 e. The highest BCUT2D eigenvalue weighted by Gasteiger charge is 2.15. The van der Waals surface area contributed by atoms with E-state index in [-0.39, 0.29) is 0 Å². The second-order valence-corrected chi connectivity index (χ2v) is 5.40. The molecule has 19 heavy (non-hydrogen) atoms. The molecule has 104 valence electrons. The van der Waals surface area contributed by atoms with Gasteiger partial charge in [0, 0.05) is 23.2 Å². The van der Waals surface area contributed by atoms with Gasteiger partial charge in [-0.3, -0.25) is 0 Å². The van der Waals surface area contributed by atoms with Gasteiger partial charge in [-0.15, -0.1) is 0 Å². The van der Waals surface area contributed by atoms with Gasteiger partial charge in [-0.05, 0) is 18.6 Å². The fourth-order valence-electron chi connectivity index (χ4n) is 1.53. The number of nitrogens with zero attached hydrogens (tertiary/aromatic N) is 1. The molecular formula is C14H18Cl2N2O. The summed E-state index contributed by atoms with van der Waals surface area (Å²) in [7, 11) is 0. The van der Waals surface area contributed by atoms with Crippen molar-refractivity contribution in [3.05, 3.63) is 27.7 Å². The molecule has 1 atom stereocenters. The zero-order valence-electron chi connectivity index (χ0n) is 11.3. The smallest absolute Gasteiger partial charge is 0.184 e. The Hall–Kier alpha value is -0.950. The molecule has 0 radical (unpaired) electrons. The van der Waals surface area contributed by atoms with Crippen LogP contribution < -0.4 is 10.1 Å². The van der Waals surface area contributed by atoms with Crippen LogP contribution in [-0.4, -0.2) is 12.1 Å². The van der Waals surface area contributed by atoms with E-state index >= 15 is 0 Å². The maximum Gasteiger partial charge on any atom is 0.184 e. The van der Waals surface area contributed by atoms with Crippen molar-refractivity contribution in [3.63, 3.8) is 0 Å². The minimum atomic E-state index is -0.503. The van der Waals surface area contributed by atoms with Crippen LogP contribution in [0.25, 0.3) is 0 Å². The van der Waals surface area contributed by atoms with Crippen molar-refractivity contribution in [1.29, 1.82) is 5.26 Å². The monoisotopic (exact) mass is 300 g/mol. The third-order valence-electron chi connectivity index (χ3n) is 2.56. The van der Waals surface area contributed by atoms with Gasteiger partial charge in [-0.25, -0.2) is 0 Å². The quantitative estimate of drug-likeness (QED) is 0.857. The van der Waals surface area contributed by atoms with E-state index < -0.39 is 6.10 Å². The first-order chi connectivity index (χ1) is 8.97. The van der Waals surface area contributed by atoms with E-state index in [9.17, 15) is 0 Å². The highest BCUT2D eigenvalue weighted by Crippen LogP contribution is 2.33. The first-order valence-corrected chi connectivity index (χ1v) is 7.01. The van der Waals surface area contributed by atoms with Crippen LogP contribution in [-0.2, 0) is 6.54 Å². The molecule has 1 aromatic rings. The predicted molar refractivity (Wildman–Crippen MR) is 78.8 cm³/mol. The Morgan fingerprint density at radius 3 is 2.58 bits per heavy atom. The lowest BCUT2D eigenvalue weighted by Crippen LogP contribution is -2.23. The fraction of sp³-hybridized carbons (Fsp3) is 0.500. The van der Waals surface area contributed by atoms with Crippen molar-refractivity contribution >= 4 is 23.2 Å². The minimum absolute atomic E-state index is 0.337. The van der Waals surface area contributed by atoms with E-state index in [0.29, 0.717) is 34.8 Å². The van der Waals surface area contributed by atoms with E-state index in [1.165, 1.54) is 0 Å². The van der Waals surface area contributed by atoms with Crippen molar-refractivity contribution in [2.75, 3.05) is 0 Å². The van der Waals surface area contributed by atoms with Crippen LogP contribution in [0, 0.1) is 11.3 Å². The van der Waals surface area contributed by atoms with Crippen molar-refractivity contribution in [3.8, 4) is 11.8 Å². The second kappa shape index (κ2) is 7.59. The maximum absolute atomic E-state index is 8.98. The van der Waals surface area contributed by atoms with Gasteiger partial charge in [0.2, 0.25) is 0 Å². The largest absolute Gasteiger partial charge is 0.474 e. The van der Waals surface area contributed by atoms with Crippen LogP contribution in [0.4, 0.5) is 0 Å². The number of halogens is 2. The SMILES string of the molecule is CCC(C#N)Oc1c(Cl)cc(Cl)cc1CNC(C)C. The molecule has 1 N–H and O–H groups in total. The summed E-state index contributed by atoms with van der Waals surface area (Å²) in [5.74, 6) is 0.535. The predicted octanol–water partition coefficient (Wildman–Crippen LogP) is 4.17. The summed E-state index contributed by atoms with van der Waals surface area (Å²) in [6.07, 6.45) is 0.100.